The molecule has 0 amide bonds. The van der Waals surface area contributed by atoms with Gasteiger partial charge < -0.3 is 5.11 Å². The van der Waals surface area contributed by atoms with Gasteiger partial charge in [-0.25, -0.2) is 0 Å². The quantitative estimate of drug-likeness (QED) is 0.563. The number of aromatic hydroxyl groups is 1. The Hall–Kier alpha value is -1.42. The van der Waals surface area contributed by atoms with Crippen LogP contribution in [0.4, 0.5) is 0 Å². The molecule has 0 spiro atoms. The fraction of sp³-hybridized carbons (Fsp3) is 0.500. The van der Waals surface area contributed by atoms with Crippen LogP contribution in [0.15, 0.2) is 24.3 Å². The third-order valence-corrected chi connectivity index (χ3v) is 2.73. The van der Waals surface area contributed by atoms with E-state index in [-0.39, 0.29) is 5.75 Å². The van der Waals surface area contributed by atoms with E-state index in [9.17, 15) is 5.11 Å². The van der Waals surface area contributed by atoms with E-state index >= 15 is 0 Å². The molecule has 0 saturated carbocycles. The molecule has 1 N–H and O–H groups in total. The topological polar surface area (TPSA) is 20.2 Å². The first-order valence-corrected chi connectivity index (χ1v) is 6.61. The van der Waals surface area contributed by atoms with E-state index in [1.165, 1.54) is 38.5 Å². The Kier molecular flexibility index (Phi) is 6.98. The fourth-order valence-corrected chi connectivity index (χ4v) is 1.74. The molecule has 0 heterocycles. The highest BCUT2D eigenvalue weighted by Crippen LogP contribution is 2.10. The molecule has 0 radical (unpaired) electrons. The van der Waals surface area contributed by atoms with Gasteiger partial charge in [0.15, 0.2) is 0 Å². The van der Waals surface area contributed by atoms with Crippen molar-refractivity contribution in [3.8, 4) is 17.6 Å². The van der Waals surface area contributed by atoms with Gasteiger partial charge in [-0.1, -0.05) is 56.9 Å². The zero-order chi connectivity index (χ0) is 12.3. The molecule has 1 nitrogen and oxygen atoms in total. The van der Waals surface area contributed by atoms with E-state index in [2.05, 4.69) is 18.8 Å². The number of rotatable bonds is 6. The molecular formula is C16H22O. The summed E-state index contributed by atoms with van der Waals surface area (Å²) in [7, 11) is 0. The second-order valence-electron chi connectivity index (χ2n) is 4.37. The van der Waals surface area contributed by atoms with Crippen molar-refractivity contribution in [3.05, 3.63) is 29.8 Å². The minimum absolute atomic E-state index is 0.288. The van der Waals surface area contributed by atoms with Crippen LogP contribution in [0.2, 0.25) is 0 Å². The first-order valence-electron chi connectivity index (χ1n) is 6.61. The van der Waals surface area contributed by atoms with Crippen LogP contribution in [-0.4, -0.2) is 5.11 Å². The van der Waals surface area contributed by atoms with E-state index in [4.69, 9.17) is 0 Å². The molecule has 0 unspecified atom stereocenters. The number of hydrogen-bond acceptors (Lipinski definition) is 1. The van der Waals surface area contributed by atoms with Gasteiger partial charge in [0, 0.05) is 12.0 Å². The Morgan fingerprint density at radius 1 is 1.06 bits per heavy atom. The van der Waals surface area contributed by atoms with E-state index in [1.807, 2.05) is 12.1 Å². The standard InChI is InChI=1S/C16H22O/c1-2-3-4-5-6-7-8-9-11-15-12-10-13-16(17)14-15/h10,12-14,17H,2-8H2,1H3. The molecule has 1 rings (SSSR count). The Balaban J connectivity index is 2.14. The number of phenols is 1. The summed E-state index contributed by atoms with van der Waals surface area (Å²) < 4.78 is 0. The van der Waals surface area contributed by atoms with Crippen LogP contribution in [0, 0.1) is 11.8 Å². The normalized spacial score (nSPS) is 9.71. The van der Waals surface area contributed by atoms with E-state index < -0.39 is 0 Å². The van der Waals surface area contributed by atoms with Gasteiger partial charge in [0.1, 0.15) is 5.75 Å². The highest BCUT2D eigenvalue weighted by molar-refractivity contribution is 5.38. The Morgan fingerprint density at radius 3 is 2.59 bits per heavy atom. The predicted molar refractivity (Wildman–Crippen MR) is 73.0 cm³/mol. The highest BCUT2D eigenvalue weighted by atomic mass is 16.3. The van der Waals surface area contributed by atoms with Crippen molar-refractivity contribution in [2.24, 2.45) is 0 Å². The second-order valence-corrected chi connectivity index (χ2v) is 4.37. The summed E-state index contributed by atoms with van der Waals surface area (Å²) in [6.07, 6.45) is 8.79. The number of benzene rings is 1. The smallest absolute Gasteiger partial charge is 0.116 e. The van der Waals surface area contributed by atoms with Gasteiger partial charge in [0.25, 0.3) is 0 Å². The van der Waals surface area contributed by atoms with E-state index in [0.717, 1.165) is 12.0 Å². The summed E-state index contributed by atoms with van der Waals surface area (Å²) in [6.45, 7) is 2.24. The van der Waals surface area contributed by atoms with E-state index in [0.29, 0.717) is 0 Å². The van der Waals surface area contributed by atoms with Crippen molar-refractivity contribution >= 4 is 0 Å². The van der Waals surface area contributed by atoms with Gasteiger partial charge in [-0.05, 0) is 24.6 Å². The minimum Gasteiger partial charge on any atom is -0.508 e. The Morgan fingerprint density at radius 2 is 1.82 bits per heavy atom. The lowest BCUT2D eigenvalue weighted by molar-refractivity contribution is 0.475. The van der Waals surface area contributed by atoms with Crippen LogP contribution in [0.25, 0.3) is 0 Å². The minimum atomic E-state index is 0.288. The molecule has 0 aromatic heterocycles. The van der Waals surface area contributed by atoms with Crippen molar-refractivity contribution in [1.29, 1.82) is 0 Å². The highest BCUT2D eigenvalue weighted by Gasteiger charge is 1.89. The number of phenolic OH excluding ortho intramolecular Hbond substituents is 1. The summed E-state index contributed by atoms with van der Waals surface area (Å²) in [5, 5.41) is 9.27. The lowest BCUT2D eigenvalue weighted by Gasteiger charge is -1.96. The van der Waals surface area contributed by atoms with E-state index in [1.54, 1.807) is 12.1 Å². The number of hydrogen-bond donors (Lipinski definition) is 1. The fourth-order valence-electron chi connectivity index (χ4n) is 1.74. The van der Waals surface area contributed by atoms with Crippen molar-refractivity contribution in [1.82, 2.24) is 0 Å². The van der Waals surface area contributed by atoms with Gasteiger partial charge in [0.05, 0.1) is 0 Å². The largest absolute Gasteiger partial charge is 0.508 e. The zero-order valence-electron chi connectivity index (χ0n) is 10.7. The predicted octanol–water partition coefficient (Wildman–Crippen LogP) is 4.49. The third kappa shape index (κ3) is 6.68. The molecule has 0 atom stereocenters. The lowest BCUT2D eigenvalue weighted by Crippen LogP contribution is -1.78. The van der Waals surface area contributed by atoms with Gasteiger partial charge in [-0.3, -0.25) is 0 Å². The monoisotopic (exact) mass is 230 g/mol. The van der Waals surface area contributed by atoms with Crippen molar-refractivity contribution in [2.45, 2.75) is 51.9 Å². The van der Waals surface area contributed by atoms with Crippen molar-refractivity contribution < 1.29 is 5.11 Å². The molecule has 0 aliphatic rings. The molecule has 0 bridgehead atoms. The van der Waals surface area contributed by atoms with Crippen LogP contribution in [0.3, 0.4) is 0 Å². The van der Waals surface area contributed by atoms with Crippen molar-refractivity contribution in [2.75, 3.05) is 0 Å². The van der Waals surface area contributed by atoms with Gasteiger partial charge in [0.2, 0.25) is 0 Å². The SMILES string of the molecule is CCCCCCCCC#Cc1cccc(O)c1. The molecule has 0 aliphatic carbocycles. The van der Waals surface area contributed by atoms with Crippen LogP contribution in [-0.2, 0) is 0 Å². The first kappa shape index (κ1) is 13.6. The molecule has 92 valence electrons. The Bertz CT molecular complexity index is 371. The molecule has 0 aliphatic heterocycles. The van der Waals surface area contributed by atoms with Crippen LogP contribution >= 0.6 is 0 Å². The maximum absolute atomic E-state index is 9.27. The summed E-state index contributed by atoms with van der Waals surface area (Å²) >= 11 is 0. The molecule has 0 fully saturated rings. The first-order chi connectivity index (χ1) is 8.33. The third-order valence-electron chi connectivity index (χ3n) is 2.73. The zero-order valence-corrected chi connectivity index (χ0v) is 10.7. The van der Waals surface area contributed by atoms with Crippen molar-refractivity contribution in [3.63, 3.8) is 0 Å². The van der Waals surface area contributed by atoms with Crippen LogP contribution < -0.4 is 0 Å². The Labute approximate surface area is 105 Å². The molecule has 0 saturated heterocycles. The summed E-state index contributed by atoms with van der Waals surface area (Å²) in [5.74, 6) is 6.52. The molecule has 1 aromatic carbocycles. The number of unbranched alkanes of at least 4 members (excludes halogenated alkanes) is 6. The molecular weight excluding hydrogens is 208 g/mol. The lowest BCUT2D eigenvalue weighted by atomic mass is 10.1. The molecule has 1 aromatic rings. The van der Waals surface area contributed by atoms with Crippen LogP contribution in [0.5, 0.6) is 5.75 Å². The molecule has 1 heteroatoms. The summed E-state index contributed by atoms with van der Waals surface area (Å²) in [5.41, 5.74) is 0.899. The van der Waals surface area contributed by atoms with Gasteiger partial charge in [-0.15, -0.1) is 0 Å². The average molecular weight is 230 g/mol. The van der Waals surface area contributed by atoms with Gasteiger partial charge >= 0.3 is 0 Å². The average Bonchev–Trinajstić information content (AvgIpc) is 2.33. The second kappa shape index (κ2) is 8.70. The van der Waals surface area contributed by atoms with Gasteiger partial charge in [-0.2, -0.15) is 0 Å². The molecule has 17 heavy (non-hydrogen) atoms. The maximum atomic E-state index is 9.27. The summed E-state index contributed by atoms with van der Waals surface area (Å²) in [4.78, 5) is 0. The maximum Gasteiger partial charge on any atom is 0.116 e. The van der Waals surface area contributed by atoms with Crippen LogP contribution in [0.1, 0.15) is 57.4 Å². The summed E-state index contributed by atoms with van der Waals surface area (Å²) in [6, 6.07) is 7.12.